The summed E-state index contributed by atoms with van der Waals surface area (Å²) >= 11 is 0. The first-order valence-electron chi connectivity index (χ1n) is 8.65. The highest BCUT2D eigenvalue weighted by Gasteiger charge is 2.24. The Kier molecular flexibility index (Phi) is 3.95. The summed E-state index contributed by atoms with van der Waals surface area (Å²) in [7, 11) is 0. The van der Waals surface area contributed by atoms with Crippen molar-refractivity contribution < 1.29 is 4.79 Å². The summed E-state index contributed by atoms with van der Waals surface area (Å²) < 4.78 is 2.51. The van der Waals surface area contributed by atoms with Gasteiger partial charge in [-0.05, 0) is 49.6 Å². The van der Waals surface area contributed by atoms with Crippen molar-refractivity contribution in [3.05, 3.63) is 74.9 Å². The lowest BCUT2D eigenvalue weighted by Crippen LogP contribution is -2.42. The number of aryl methyl sites for hydroxylation is 1. The first-order chi connectivity index (χ1) is 12.5. The number of carbonyl (C=O) groups excluding carboxylic acids is 1. The van der Waals surface area contributed by atoms with E-state index in [-0.39, 0.29) is 24.1 Å². The Labute approximate surface area is 149 Å². The number of amides is 1. The third-order valence-electron chi connectivity index (χ3n) is 4.55. The lowest BCUT2D eigenvalue weighted by atomic mass is 10.2. The molecule has 132 valence electrons. The number of para-hydroxylation sites is 1. The Balaban J connectivity index is 1.93. The number of hydrogen-bond donors (Lipinski definition) is 1. The standard InChI is InChI=1S/C20H19N3O3/c1-13-5-4-6-15(11-13)23-19(25)16-7-2-3-8-17(16)22(20(23)26)12-18(24)21-14-9-10-14/h2-8,11,14H,9-10,12H2,1H3,(H,21,24). The van der Waals surface area contributed by atoms with Crippen LogP contribution in [0, 0.1) is 6.92 Å². The molecule has 1 aliphatic rings. The summed E-state index contributed by atoms with van der Waals surface area (Å²) in [6.07, 6.45) is 1.95. The maximum atomic E-state index is 13.1. The molecule has 1 amide bonds. The molecule has 3 aromatic rings. The SMILES string of the molecule is Cc1cccc(-n2c(=O)c3ccccc3n(CC(=O)NC3CC3)c2=O)c1. The average Bonchev–Trinajstić information content (AvgIpc) is 3.43. The molecule has 0 saturated heterocycles. The van der Waals surface area contributed by atoms with Crippen molar-refractivity contribution in [3.63, 3.8) is 0 Å². The summed E-state index contributed by atoms with van der Waals surface area (Å²) in [6, 6.07) is 14.3. The second kappa shape index (κ2) is 6.29. The van der Waals surface area contributed by atoms with Crippen LogP contribution in [0.4, 0.5) is 0 Å². The second-order valence-electron chi connectivity index (χ2n) is 6.71. The number of aromatic nitrogens is 2. The number of rotatable bonds is 4. The van der Waals surface area contributed by atoms with E-state index in [0.29, 0.717) is 16.6 Å². The van der Waals surface area contributed by atoms with E-state index in [4.69, 9.17) is 0 Å². The van der Waals surface area contributed by atoms with Gasteiger partial charge in [-0.3, -0.25) is 14.2 Å². The van der Waals surface area contributed by atoms with Gasteiger partial charge in [-0.25, -0.2) is 9.36 Å². The second-order valence-corrected chi connectivity index (χ2v) is 6.71. The van der Waals surface area contributed by atoms with E-state index in [1.165, 1.54) is 4.57 Å². The molecule has 1 aromatic heterocycles. The molecule has 6 nitrogen and oxygen atoms in total. The minimum Gasteiger partial charge on any atom is -0.352 e. The number of fused-ring (bicyclic) bond motifs is 1. The predicted octanol–water partition coefficient (Wildman–Crippen LogP) is 1.74. The van der Waals surface area contributed by atoms with Crippen LogP contribution >= 0.6 is 0 Å². The first kappa shape index (κ1) is 16.3. The van der Waals surface area contributed by atoms with Crippen molar-refractivity contribution in [2.45, 2.75) is 32.4 Å². The number of hydrogen-bond acceptors (Lipinski definition) is 3. The van der Waals surface area contributed by atoms with Crippen molar-refractivity contribution in [2.24, 2.45) is 0 Å². The molecule has 1 saturated carbocycles. The Morgan fingerprint density at radius 3 is 2.62 bits per heavy atom. The smallest absolute Gasteiger partial charge is 0.336 e. The van der Waals surface area contributed by atoms with Crippen molar-refractivity contribution in [1.82, 2.24) is 14.5 Å². The largest absolute Gasteiger partial charge is 0.352 e. The normalized spacial score (nSPS) is 13.7. The van der Waals surface area contributed by atoms with E-state index >= 15 is 0 Å². The van der Waals surface area contributed by atoms with E-state index in [9.17, 15) is 14.4 Å². The van der Waals surface area contributed by atoms with Crippen LogP contribution < -0.4 is 16.6 Å². The van der Waals surface area contributed by atoms with Gasteiger partial charge in [0.25, 0.3) is 5.56 Å². The minimum absolute atomic E-state index is 0.109. The molecular formula is C20H19N3O3. The lowest BCUT2D eigenvalue weighted by Gasteiger charge is -2.14. The van der Waals surface area contributed by atoms with Crippen LogP contribution in [0.15, 0.2) is 58.1 Å². The zero-order valence-corrected chi connectivity index (χ0v) is 14.4. The van der Waals surface area contributed by atoms with Crippen molar-refractivity contribution in [2.75, 3.05) is 0 Å². The highest BCUT2D eigenvalue weighted by atomic mass is 16.2. The molecule has 1 heterocycles. The van der Waals surface area contributed by atoms with Gasteiger partial charge in [0.1, 0.15) is 6.54 Å². The third kappa shape index (κ3) is 2.94. The van der Waals surface area contributed by atoms with E-state index in [1.807, 2.05) is 13.0 Å². The molecule has 0 atom stereocenters. The fraction of sp³-hybridized carbons (Fsp3) is 0.250. The summed E-state index contributed by atoms with van der Waals surface area (Å²) in [6.45, 7) is 1.79. The average molecular weight is 349 g/mol. The van der Waals surface area contributed by atoms with E-state index in [1.54, 1.807) is 42.5 Å². The van der Waals surface area contributed by atoms with Gasteiger partial charge in [0, 0.05) is 6.04 Å². The topological polar surface area (TPSA) is 73.1 Å². The van der Waals surface area contributed by atoms with Gasteiger partial charge in [-0.2, -0.15) is 0 Å². The monoisotopic (exact) mass is 349 g/mol. The van der Waals surface area contributed by atoms with Gasteiger partial charge in [0.15, 0.2) is 0 Å². The highest BCUT2D eigenvalue weighted by Crippen LogP contribution is 2.18. The van der Waals surface area contributed by atoms with Crippen LogP contribution in [0.2, 0.25) is 0 Å². The van der Waals surface area contributed by atoms with Crippen molar-refractivity contribution in [3.8, 4) is 5.69 Å². The molecular weight excluding hydrogens is 330 g/mol. The fourth-order valence-electron chi connectivity index (χ4n) is 3.11. The summed E-state index contributed by atoms with van der Waals surface area (Å²) in [5.74, 6) is -0.214. The summed E-state index contributed by atoms with van der Waals surface area (Å²) in [5.41, 5.74) is 1.03. The van der Waals surface area contributed by atoms with Gasteiger partial charge >= 0.3 is 5.69 Å². The number of carbonyl (C=O) groups is 1. The Morgan fingerprint density at radius 2 is 1.88 bits per heavy atom. The van der Waals surface area contributed by atoms with Crippen LogP contribution in [0.3, 0.4) is 0 Å². The summed E-state index contributed by atoms with van der Waals surface area (Å²) in [4.78, 5) is 38.3. The molecule has 0 radical (unpaired) electrons. The predicted molar refractivity (Wildman–Crippen MR) is 99.7 cm³/mol. The maximum Gasteiger partial charge on any atom is 0.336 e. The highest BCUT2D eigenvalue weighted by molar-refractivity contribution is 5.82. The van der Waals surface area contributed by atoms with Gasteiger partial charge in [0.05, 0.1) is 16.6 Å². The minimum atomic E-state index is -0.509. The number of nitrogens with one attached hydrogen (secondary N) is 1. The van der Waals surface area contributed by atoms with E-state index < -0.39 is 5.69 Å². The molecule has 1 fully saturated rings. The molecule has 1 N–H and O–H groups in total. The van der Waals surface area contributed by atoms with Gasteiger partial charge in [-0.15, -0.1) is 0 Å². The van der Waals surface area contributed by atoms with Crippen LogP contribution in [0.25, 0.3) is 16.6 Å². The molecule has 1 aliphatic carbocycles. The van der Waals surface area contributed by atoms with Crippen LogP contribution in [0.1, 0.15) is 18.4 Å². The molecule has 2 aromatic carbocycles. The Hall–Kier alpha value is -3.15. The van der Waals surface area contributed by atoms with Gasteiger partial charge in [0.2, 0.25) is 5.91 Å². The maximum absolute atomic E-state index is 13.1. The molecule has 0 unspecified atom stereocenters. The molecule has 4 rings (SSSR count). The van der Waals surface area contributed by atoms with Crippen LogP contribution in [-0.2, 0) is 11.3 Å². The van der Waals surface area contributed by atoms with Crippen LogP contribution in [-0.4, -0.2) is 21.1 Å². The van der Waals surface area contributed by atoms with Crippen molar-refractivity contribution in [1.29, 1.82) is 0 Å². The first-order valence-corrected chi connectivity index (χ1v) is 8.65. The van der Waals surface area contributed by atoms with Crippen LogP contribution in [0.5, 0.6) is 0 Å². The molecule has 0 aliphatic heterocycles. The lowest BCUT2D eigenvalue weighted by molar-refractivity contribution is -0.121. The van der Waals surface area contributed by atoms with Gasteiger partial charge < -0.3 is 5.32 Å². The zero-order chi connectivity index (χ0) is 18.3. The molecule has 0 bridgehead atoms. The quantitative estimate of drug-likeness (QED) is 0.780. The molecule has 0 spiro atoms. The number of nitrogens with zero attached hydrogens (tertiary/aromatic N) is 2. The summed E-state index contributed by atoms with van der Waals surface area (Å²) in [5, 5.41) is 3.30. The van der Waals surface area contributed by atoms with E-state index in [2.05, 4.69) is 5.32 Å². The Bertz CT molecular complexity index is 1120. The third-order valence-corrected chi connectivity index (χ3v) is 4.55. The fourth-order valence-corrected chi connectivity index (χ4v) is 3.11. The zero-order valence-electron chi connectivity index (χ0n) is 14.4. The molecule has 26 heavy (non-hydrogen) atoms. The van der Waals surface area contributed by atoms with E-state index in [0.717, 1.165) is 23.0 Å². The van der Waals surface area contributed by atoms with Crippen molar-refractivity contribution >= 4 is 16.8 Å². The number of benzene rings is 2. The molecule has 6 heteroatoms. The van der Waals surface area contributed by atoms with Gasteiger partial charge in [-0.1, -0.05) is 24.3 Å². The Morgan fingerprint density at radius 1 is 1.12 bits per heavy atom.